The van der Waals surface area contributed by atoms with Crippen LogP contribution in [0.25, 0.3) is 0 Å². The Labute approximate surface area is 108 Å². The average Bonchev–Trinajstić information content (AvgIpc) is 2.41. The van der Waals surface area contributed by atoms with Crippen molar-refractivity contribution in [2.75, 3.05) is 7.05 Å². The van der Waals surface area contributed by atoms with Crippen LogP contribution in [-0.2, 0) is 6.54 Å². The highest BCUT2D eigenvalue weighted by molar-refractivity contribution is 5.81. The molecule has 2 nitrogen and oxygen atoms in total. The molecule has 0 aliphatic heterocycles. The van der Waals surface area contributed by atoms with E-state index in [1.165, 1.54) is 25.3 Å². The van der Waals surface area contributed by atoms with Crippen molar-refractivity contribution in [3.8, 4) is 0 Å². The van der Waals surface area contributed by atoms with Crippen molar-refractivity contribution < 1.29 is 4.39 Å². The molecule has 2 rings (SSSR count). The van der Waals surface area contributed by atoms with E-state index in [1.54, 1.807) is 12.1 Å². The van der Waals surface area contributed by atoms with E-state index in [-0.39, 0.29) is 5.82 Å². The number of rotatable bonds is 3. The van der Waals surface area contributed by atoms with Crippen LogP contribution >= 0.6 is 0 Å². The maximum absolute atomic E-state index is 13.6. The molecule has 3 heteroatoms. The Kier molecular flexibility index (Phi) is 4.34. The summed E-state index contributed by atoms with van der Waals surface area (Å²) in [6.45, 7) is 0.488. The van der Waals surface area contributed by atoms with E-state index in [4.69, 9.17) is 5.41 Å². The van der Waals surface area contributed by atoms with Gasteiger partial charge in [0.25, 0.3) is 0 Å². The quantitative estimate of drug-likeness (QED) is 0.639. The van der Waals surface area contributed by atoms with Crippen molar-refractivity contribution in [1.82, 2.24) is 4.90 Å². The molecule has 0 amide bonds. The molecule has 98 valence electrons. The smallest absolute Gasteiger partial charge is 0.128 e. The SMILES string of the molecule is CN(Cc1ccccc1F)C(=N)C1CCCCC1. The minimum absolute atomic E-state index is 0.180. The standard InChI is InChI=1S/C15H21FN2/c1-18(11-13-9-5-6-10-14(13)16)15(17)12-7-3-2-4-8-12/h5-6,9-10,12,17H,2-4,7-8,11H2,1H3. The predicted octanol–water partition coefficient (Wildman–Crippen LogP) is 3.82. The topological polar surface area (TPSA) is 27.1 Å². The summed E-state index contributed by atoms with van der Waals surface area (Å²) >= 11 is 0. The van der Waals surface area contributed by atoms with Gasteiger partial charge in [-0.25, -0.2) is 4.39 Å². The molecular weight excluding hydrogens is 227 g/mol. The van der Waals surface area contributed by atoms with E-state index in [0.717, 1.165) is 12.8 Å². The van der Waals surface area contributed by atoms with Gasteiger partial charge in [0, 0.05) is 25.1 Å². The number of nitrogens with one attached hydrogen (secondary N) is 1. The molecule has 0 unspecified atom stereocenters. The molecule has 1 aromatic carbocycles. The first-order valence-corrected chi connectivity index (χ1v) is 6.71. The van der Waals surface area contributed by atoms with Gasteiger partial charge < -0.3 is 4.90 Å². The van der Waals surface area contributed by atoms with Gasteiger partial charge in [0.15, 0.2) is 0 Å². The first kappa shape index (κ1) is 13.1. The van der Waals surface area contributed by atoms with Crippen molar-refractivity contribution in [2.45, 2.75) is 38.6 Å². The number of hydrogen-bond donors (Lipinski definition) is 1. The highest BCUT2D eigenvalue weighted by atomic mass is 19.1. The van der Waals surface area contributed by atoms with Crippen molar-refractivity contribution in [3.63, 3.8) is 0 Å². The molecule has 0 heterocycles. The van der Waals surface area contributed by atoms with E-state index in [2.05, 4.69) is 0 Å². The van der Waals surface area contributed by atoms with Crippen LogP contribution in [0.4, 0.5) is 4.39 Å². The maximum Gasteiger partial charge on any atom is 0.128 e. The molecule has 1 N–H and O–H groups in total. The Hall–Kier alpha value is -1.38. The summed E-state index contributed by atoms with van der Waals surface area (Å²) in [5.74, 6) is 0.856. The van der Waals surface area contributed by atoms with Crippen LogP contribution < -0.4 is 0 Å². The predicted molar refractivity (Wildman–Crippen MR) is 72.2 cm³/mol. The molecule has 1 aromatic rings. The summed E-state index contributed by atoms with van der Waals surface area (Å²) in [5, 5.41) is 8.21. The second-order valence-corrected chi connectivity index (χ2v) is 5.17. The van der Waals surface area contributed by atoms with Gasteiger partial charge in [-0.2, -0.15) is 0 Å². The van der Waals surface area contributed by atoms with Gasteiger partial charge in [-0.3, -0.25) is 5.41 Å². The lowest BCUT2D eigenvalue weighted by molar-refractivity contribution is 0.379. The monoisotopic (exact) mass is 248 g/mol. The van der Waals surface area contributed by atoms with Crippen molar-refractivity contribution in [1.29, 1.82) is 5.41 Å². The van der Waals surface area contributed by atoms with Gasteiger partial charge in [0.2, 0.25) is 0 Å². The van der Waals surface area contributed by atoms with Crippen LogP contribution in [-0.4, -0.2) is 17.8 Å². The van der Waals surface area contributed by atoms with Gasteiger partial charge in [-0.1, -0.05) is 37.5 Å². The van der Waals surface area contributed by atoms with E-state index in [1.807, 2.05) is 18.0 Å². The highest BCUT2D eigenvalue weighted by Gasteiger charge is 2.21. The first-order chi connectivity index (χ1) is 8.68. The second kappa shape index (κ2) is 5.98. The third-order valence-electron chi connectivity index (χ3n) is 3.77. The van der Waals surface area contributed by atoms with Crippen molar-refractivity contribution in [2.24, 2.45) is 5.92 Å². The number of benzene rings is 1. The third kappa shape index (κ3) is 3.09. The van der Waals surface area contributed by atoms with Gasteiger partial charge in [0.05, 0.1) is 5.84 Å². The van der Waals surface area contributed by atoms with Crippen LogP contribution in [0.3, 0.4) is 0 Å². The zero-order valence-electron chi connectivity index (χ0n) is 11.0. The van der Waals surface area contributed by atoms with Crippen LogP contribution in [0, 0.1) is 17.1 Å². The van der Waals surface area contributed by atoms with Gasteiger partial charge >= 0.3 is 0 Å². The van der Waals surface area contributed by atoms with Crippen LogP contribution in [0.5, 0.6) is 0 Å². The Morgan fingerprint density at radius 1 is 1.28 bits per heavy atom. The summed E-state index contributed by atoms with van der Waals surface area (Å²) in [4.78, 5) is 1.88. The molecule has 1 aliphatic rings. The Balaban J connectivity index is 1.96. The molecule has 0 spiro atoms. The Morgan fingerprint density at radius 2 is 1.94 bits per heavy atom. The molecule has 1 fully saturated rings. The number of amidine groups is 1. The lowest BCUT2D eigenvalue weighted by Crippen LogP contribution is -2.33. The molecule has 0 radical (unpaired) electrons. The van der Waals surface area contributed by atoms with Gasteiger partial charge in [-0.05, 0) is 18.9 Å². The molecular formula is C15H21FN2. The van der Waals surface area contributed by atoms with Crippen molar-refractivity contribution in [3.05, 3.63) is 35.6 Å². The summed E-state index contributed by atoms with van der Waals surface area (Å²) in [5.41, 5.74) is 0.667. The minimum atomic E-state index is -0.180. The summed E-state index contributed by atoms with van der Waals surface area (Å²) < 4.78 is 13.6. The zero-order chi connectivity index (χ0) is 13.0. The lowest BCUT2D eigenvalue weighted by Gasteiger charge is -2.29. The minimum Gasteiger partial charge on any atom is -0.359 e. The maximum atomic E-state index is 13.6. The van der Waals surface area contributed by atoms with Crippen LogP contribution in [0.15, 0.2) is 24.3 Å². The van der Waals surface area contributed by atoms with E-state index in [0.29, 0.717) is 23.9 Å². The number of nitrogens with zero attached hydrogens (tertiary/aromatic N) is 1. The fourth-order valence-corrected chi connectivity index (χ4v) is 2.66. The molecule has 1 aliphatic carbocycles. The molecule has 0 atom stereocenters. The molecule has 0 aromatic heterocycles. The zero-order valence-corrected chi connectivity index (χ0v) is 11.0. The molecule has 18 heavy (non-hydrogen) atoms. The van der Waals surface area contributed by atoms with Crippen LogP contribution in [0.1, 0.15) is 37.7 Å². The summed E-state index contributed by atoms with van der Waals surface area (Å²) in [6, 6.07) is 6.81. The van der Waals surface area contributed by atoms with E-state index in [9.17, 15) is 4.39 Å². The van der Waals surface area contributed by atoms with E-state index >= 15 is 0 Å². The summed E-state index contributed by atoms with van der Waals surface area (Å²) in [6.07, 6.45) is 5.96. The normalized spacial score (nSPS) is 16.6. The third-order valence-corrected chi connectivity index (χ3v) is 3.77. The van der Waals surface area contributed by atoms with Gasteiger partial charge in [0.1, 0.15) is 5.82 Å². The summed E-state index contributed by atoms with van der Waals surface area (Å²) in [7, 11) is 1.89. The van der Waals surface area contributed by atoms with Crippen LogP contribution in [0.2, 0.25) is 0 Å². The molecule has 0 saturated heterocycles. The van der Waals surface area contributed by atoms with Gasteiger partial charge in [-0.15, -0.1) is 0 Å². The largest absolute Gasteiger partial charge is 0.359 e. The highest BCUT2D eigenvalue weighted by Crippen LogP contribution is 2.25. The lowest BCUT2D eigenvalue weighted by atomic mass is 9.88. The fraction of sp³-hybridized carbons (Fsp3) is 0.533. The fourth-order valence-electron chi connectivity index (χ4n) is 2.66. The van der Waals surface area contributed by atoms with Crippen molar-refractivity contribution >= 4 is 5.84 Å². The average molecular weight is 248 g/mol. The molecule has 0 bridgehead atoms. The number of halogens is 1. The Morgan fingerprint density at radius 3 is 2.61 bits per heavy atom. The second-order valence-electron chi connectivity index (χ2n) is 5.17. The Bertz CT molecular complexity index is 411. The first-order valence-electron chi connectivity index (χ1n) is 6.71. The number of hydrogen-bond acceptors (Lipinski definition) is 1. The van der Waals surface area contributed by atoms with E-state index < -0.39 is 0 Å². The molecule has 1 saturated carbocycles.